The van der Waals surface area contributed by atoms with Crippen molar-refractivity contribution in [2.24, 2.45) is 5.10 Å². The van der Waals surface area contributed by atoms with Gasteiger partial charge < -0.3 is 18.6 Å². The van der Waals surface area contributed by atoms with Crippen LogP contribution in [-0.4, -0.2) is 38.9 Å². The van der Waals surface area contributed by atoms with Gasteiger partial charge in [-0.2, -0.15) is 5.10 Å². The van der Waals surface area contributed by atoms with Gasteiger partial charge in [-0.05, 0) is 42.0 Å². The Balaban J connectivity index is 1.70. The van der Waals surface area contributed by atoms with Crippen LogP contribution in [0.3, 0.4) is 0 Å². The second kappa shape index (κ2) is 9.64. The van der Waals surface area contributed by atoms with Crippen LogP contribution in [0.2, 0.25) is 5.02 Å². The van der Waals surface area contributed by atoms with Crippen LogP contribution in [0.1, 0.15) is 16.1 Å². The maximum absolute atomic E-state index is 12.3. The number of ether oxygens (including phenoxy) is 3. The van der Waals surface area contributed by atoms with Crippen molar-refractivity contribution in [2.45, 2.75) is 0 Å². The van der Waals surface area contributed by atoms with Gasteiger partial charge >= 0.3 is 11.9 Å². The number of fused-ring (bicyclic) bond motifs is 1. The topological polar surface area (TPSA) is 99.4 Å². The summed E-state index contributed by atoms with van der Waals surface area (Å²) in [6.07, 6.45) is 1.38. The van der Waals surface area contributed by atoms with E-state index in [0.29, 0.717) is 16.9 Å². The number of hydrogen-bond acceptors (Lipinski definition) is 7. The Bertz CT molecular complexity index is 1130. The third-order valence-electron chi connectivity index (χ3n) is 3.90. The summed E-state index contributed by atoms with van der Waals surface area (Å²) in [5.41, 5.74) is 3.52. The van der Waals surface area contributed by atoms with Gasteiger partial charge in [0.2, 0.25) is 0 Å². The summed E-state index contributed by atoms with van der Waals surface area (Å²) in [7, 11) is 2.68. The largest absolute Gasteiger partial charge is 0.493 e. The molecule has 1 amide bonds. The highest BCUT2D eigenvalue weighted by atomic mass is 79.9. The monoisotopic (exact) mass is 494 g/mol. The number of nitrogens with zero attached hydrogens (tertiary/aromatic N) is 1. The number of rotatable bonds is 7. The Kier molecular flexibility index (Phi) is 6.96. The normalized spacial score (nSPS) is 10.9. The number of hydrazone groups is 1. The lowest BCUT2D eigenvalue weighted by atomic mass is 10.2. The molecule has 0 saturated carbocycles. The lowest BCUT2D eigenvalue weighted by molar-refractivity contribution is -0.142. The number of carbonyl (C=O) groups is 2. The first kappa shape index (κ1) is 21.7. The Labute approximate surface area is 184 Å². The third-order valence-corrected chi connectivity index (χ3v) is 4.67. The fourth-order valence-electron chi connectivity index (χ4n) is 2.49. The summed E-state index contributed by atoms with van der Waals surface area (Å²) in [6, 6.07) is 10.2. The molecule has 0 bridgehead atoms. The van der Waals surface area contributed by atoms with Crippen molar-refractivity contribution in [2.75, 3.05) is 20.8 Å². The number of hydrogen-bond donors (Lipinski definition) is 1. The molecule has 0 aliphatic rings. The van der Waals surface area contributed by atoms with Gasteiger partial charge in [0.15, 0.2) is 23.9 Å². The number of carbonyl (C=O) groups excluding carboxylic acids is 2. The van der Waals surface area contributed by atoms with Gasteiger partial charge in [-0.3, -0.25) is 4.79 Å². The molecule has 1 heterocycles. The smallest absolute Gasteiger partial charge is 0.343 e. The maximum Gasteiger partial charge on any atom is 0.343 e. The molecule has 30 heavy (non-hydrogen) atoms. The van der Waals surface area contributed by atoms with E-state index >= 15 is 0 Å². The molecule has 0 aliphatic heterocycles. The van der Waals surface area contributed by atoms with Crippen LogP contribution in [0, 0.1) is 0 Å². The summed E-state index contributed by atoms with van der Waals surface area (Å²) in [5, 5.41) is 4.91. The van der Waals surface area contributed by atoms with Crippen molar-refractivity contribution in [1.29, 1.82) is 0 Å². The molecule has 3 aromatic rings. The molecule has 8 nitrogen and oxygen atoms in total. The zero-order chi connectivity index (χ0) is 21.7. The van der Waals surface area contributed by atoms with Gasteiger partial charge in [-0.15, -0.1) is 0 Å². The van der Waals surface area contributed by atoms with Gasteiger partial charge in [0.1, 0.15) is 5.58 Å². The summed E-state index contributed by atoms with van der Waals surface area (Å²) in [5.74, 6) is -0.447. The van der Waals surface area contributed by atoms with Crippen molar-refractivity contribution in [3.8, 4) is 11.5 Å². The summed E-state index contributed by atoms with van der Waals surface area (Å²) < 4.78 is 21.5. The molecule has 0 spiro atoms. The zero-order valence-corrected chi connectivity index (χ0v) is 18.2. The van der Waals surface area contributed by atoms with Gasteiger partial charge in [-0.1, -0.05) is 27.5 Å². The van der Waals surface area contributed by atoms with E-state index in [9.17, 15) is 9.59 Å². The molecule has 1 aromatic heterocycles. The predicted octanol–water partition coefficient (Wildman–Crippen LogP) is 4.17. The lowest BCUT2D eigenvalue weighted by Gasteiger charge is -2.12. The molecule has 0 saturated heterocycles. The van der Waals surface area contributed by atoms with Gasteiger partial charge in [0.05, 0.1) is 25.5 Å². The molecule has 0 aliphatic carbocycles. The fourth-order valence-corrected chi connectivity index (χ4v) is 3.14. The summed E-state index contributed by atoms with van der Waals surface area (Å²) >= 11 is 9.58. The number of furan rings is 1. The number of esters is 1. The molecular formula is C20H16BrClN2O6. The molecule has 156 valence electrons. The number of nitrogens with one attached hydrogen (secondary N) is 1. The molecule has 1 N–H and O–H groups in total. The minimum Gasteiger partial charge on any atom is -0.493 e. The number of halogens is 2. The first-order valence-corrected chi connectivity index (χ1v) is 9.68. The molecule has 2 aromatic carbocycles. The van der Waals surface area contributed by atoms with Crippen LogP contribution in [0.5, 0.6) is 11.5 Å². The third kappa shape index (κ3) is 5.11. The number of benzene rings is 2. The van der Waals surface area contributed by atoms with Crippen LogP contribution in [0.4, 0.5) is 0 Å². The molecule has 0 atom stereocenters. The van der Waals surface area contributed by atoms with Crippen LogP contribution in [0.25, 0.3) is 11.0 Å². The highest BCUT2D eigenvalue weighted by Gasteiger charge is 2.14. The Morgan fingerprint density at radius 1 is 1.23 bits per heavy atom. The van der Waals surface area contributed by atoms with E-state index < -0.39 is 11.9 Å². The van der Waals surface area contributed by atoms with Crippen molar-refractivity contribution in [3.05, 3.63) is 57.2 Å². The van der Waals surface area contributed by atoms with E-state index in [4.69, 9.17) is 25.5 Å². The number of methoxy groups -OCH3 is 2. The maximum atomic E-state index is 12.3. The first-order valence-electron chi connectivity index (χ1n) is 8.51. The van der Waals surface area contributed by atoms with E-state index in [1.54, 1.807) is 24.3 Å². The van der Waals surface area contributed by atoms with Crippen LogP contribution in [-0.2, 0) is 9.53 Å². The highest BCUT2D eigenvalue weighted by molar-refractivity contribution is 9.10. The second-order valence-electron chi connectivity index (χ2n) is 5.89. The van der Waals surface area contributed by atoms with Crippen molar-refractivity contribution < 1.29 is 28.2 Å². The van der Waals surface area contributed by atoms with Gasteiger partial charge in [0.25, 0.3) is 0 Å². The molecular weight excluding hydrogens is 480 g/mol. The Hall–Kier alpha value is -3.04. The van der Waals surface area contributed by atoms with E-state index in [0.717, 1.165) is 9.86 Å². The quantitative estimate of drug-likeness (QED) is 0.300. The predicted molar refractivity (Wildman–Crippen MR) is 114 cm³/mol. The average molecular weight is 496 g/mol. The van der Waals surface area contributed by atoms with Crippen molar-refractivity contribution in [3.63, 3.8) is 0 Å². The first-order chi connectivity index (χ1) is 14.4. The van der Waals surface area contributed by atoms with Crippen LogP contribution in [0.15, 0.2) is 50.4 Å². The highest BCUT2D eigenvalue weighted by Crippen LogP contribution is 2.36. The molecule has 0 unspecified atom stereocenters. The summed E-state index contributed by atoms with van der Waals surface area (Å²) in [6.45, 7) is -0.315. The van der Waals surface area contributed by atoms with Crippen LogP contribution >= 0.6 is 27.5 Å². The summed E-state index contributed by atoms with van der Waals surface area (Å²) in [4.78, 5) is 23.5. The van der Waals surface area contributed by atoms with E-state index in [2.05, 4.69) is 31.2 Å². The molecule has 0 fully saturated rings. The SMILES string of the molecule is COC(=O)COc1c(Cl)cc(/C=N/NC(=O)c2cc3cc(Br)ccc3o2)cc1OC. The number of amides is 1. The van der Waals surface area contributed by atoms with E-state index in [-0.39, 0.29) is 23.1 Å². The molecule has 0 radical (unpaired) electrons. The fraction of sp³-hybridized carbons (Fsp3) is 0.150. The molecule has 10 heteroatoms. The van der Waals surface area contributed by atoms with Crippen molar-refractivity contribution >= 4 is 56.6 Å². The van der Waals surface area contributed by atoms with Crippen molar-refractivity contribution in [1.82, 2.24) is 5.43 Å². The van der Waals surface area contributed by atoms with E-state index in [1.807, 2.05) is 12.1 Å². The Morgan fingerprint density at radius 2 is 2.03 bits per heavy atom. The van der Waals surface area contributed by atoms with Crippen LogP contribution < -0.4 is 14.9 Å². The minimum atomic E-state index is -0.556. The average Bonchev–Trinajstić information content (AvgIpc) is 3.15. The van der Waals surface area contributed by atoms with E-state index in [1.165, 1.54) is 20.4 Å². The lowest BCUT2D eigenvalue weighted by Crippen LogP contribution is -2.16. The Morgan fingerprint density at radius 3 is 2.77 bits per heavy atom. The minimum absolute atomic E-state index is 0.127. The van der Waals surface area contributed by atoms with Gasteiger partial charge in [-0.25, -0.2) is 10.2 Å². The standard InChI is InChI=1S/C20H16BrClN2O6/c1-27-16-6-11(5-14(22)19(16)29-10-18(25)28-2)9-23-24-20(26)17-8-12-7-13(21)3-4-15(12)30-17/h3-9H,10H2,1-2H3,(H,24,26)/b23-9+. The zero-order valence-electron chi connectivity index (χ0n) is 15.9. The molecule has 3 rings (SSSR count). The van der Waals surface area contributed by atoms with Gasteiger partial charge in [0, 0.05) is 9.86 Å². The second-order valence-corrected chi connectivity index (χ2v) is 7.21.